The van der Waals surface area contributed by atoms with Crippen LogP contribution in [0.3, 0.4) is 0 Å². The van der Waals surface area contributed by atoms with Crippen LogP contribution in [0.2, 0.25) is 0 Å². The van der Waals surface area contributed by atoms with E-state index < -0.39 is 0 Å². The highest BCUT2D eigenvalue weighted by Gasteiger charge is 2.06. The summed E-state index contributed by atoms with van der Waals surface area (Å²) in [6.45, 7) is 4.22. The Labute approximate surface area is 131 Å². The molecule has 0 aliphatic heterocycles. The summed E-state index contributed by atoms with van der Waals surface area (Å²) < 4.78 is 0. The van der Waals surface area contributed by atoms with Crippen LogP contribution in [-0.4, -0.2) is 15.0 Å². The molecular weight excluding hydrogens is 270 g/mol. The summed E-state index contributed by atoms with van der Waals surface area (Å²) in [7, 11) is 0. The topological polar surface area (TPSA) is 41.6 Å². The predicted molar refractivity (Wildman–Crippen MR) is 92.6 cm³/mol. The standard InChI is InChI=1S/C19H21N3/c1-3-4-10-18-21-17-13-16(14(2)20-19(17)22-18)12-11-15-8-6-5-7-9-15/h5-9,11-13H,3-4,10H2,1-2H3,(H,20,21,22)/b12-11+. The number of nitrogens with zero attached hydrogens (tertiary/aromatic N) is 2. The molecule has 0 amide bonds. The van der Waals surface area contributed by atoms with Gasteiger partial charge in [-0.15, -0.1) is 0 Å². The molecule has 3 rings (SSSR count). The summed E-state index contributed by atoms with van der Waals surface area (Å²) >= 11 is 0. The fraction of sp³-hybridized carbons (Fsp3) is 0.263. The van der Waals surface area contributed by atoms with Gasteiger partial charge in [0, 0.05) is 12.1 Å². The smallest absolute Gasteiger partial charge is 0.177 e. The molecule has 2 heterocycles. The van der Waals surface area contributed by atoms with Crippen LogP contribution in [0.5, 0.6) is 0 Å². The van der Waals surface area contributed by atoms with E-state index in [0.29, 0.717) is 0 Å². The zero-order chi connectivity index (χ0) is 15.4. The van der Waals surface area contributed by atoms with Gasteiger partial charge in [-0.2, -0.15) is 0 Å². The number of H-pyrrole nitrogens is 1. The van der Waals surface area contributed by atoms with Crippen LogP contribution in [-0.2, 0) is 6.42 Å². The number of hydrogen-bond donors (Lipinski definition) is 1. The van der Waals surface area contributed by atoms with E-state index in [-0.39, 0.29) is 0 Å². The molecule has 3 heteroatoms. The van der Waals surface area contributed by atoms with Crippen molar-refractivity contribution >= 4 is 23.3 Å². The van der Waals surface area contributed by atoms with Crippen molar-refractivity contribution in [1.82, 2.24) is 15.0 Å². The lowest BCUT2D eigenvalue weighted by Gasteiger charge is -1.99. The van der Waals surface area contributed by atoms with Crippen molar-refractivity contribution < 1.29 is 0 Å². The second kappa shape index (κ2) is 6.56. The minimum atomic E-state index is 0.820. The lowest BCUT2D eigenvalue weighted by Crippen LogP contribution is -1.88. The molecule has 3 nitrogen and oxygen atoms in total. The number of aromatic amines is 1. The minimum absolute atomic E-state index is 0.820. The van der Waals surface area contributed by atoms with Gasteiger partial charge in [0.15, 0.2) is 5.65 Å². The SMILES string of the molecule is CCCCc1nc2nc(C)c(/C=C/c3ccccc3)cc2[nH]1. The third-order valence-electron chi connectivity index (χ3n) is 3.77. The quantitative estimate of drug-likeness (QED) is 0.735. The molecule has 22 heavy (non-hydrogen) atoms. The van der Waals surface area contributed by atoms with Crippen molar-refractivity contribution in [2.45, 2.75) is 33.1 Å². The zero-order valence-electron chi connectivity index (χ0n) is 13.1. The Morgan fingerprint density at radius 2 is 1.91 bits per heavy atom. The first kappa shape index (κ1) is 14.5. The summed E-state index contributed by atoms with van der Waals surface area (Å²) in [4.78, 5) is 12.6. The Morgan fingerprint density at radius 3 is 2.68 bits per heavy atom. The first-order valence-corrected chi connectivity index (χ1v) is 7.85. The minimum Gasteiger partial charge on any atom is -0.341 e. The summed E-state index contributed by atoms with van der Waals surface area (Å²) in [6, 6.07) is 12.4. The largest absolute Gasteiger partial charge is 0.341 e. The molecule has 112 valence electrons. The van der Waals surface area contributed by atoms with E-state index in [9.17, 15) is 0 Å². The van der Waals surface area contributed by atoms with Gasteiger partial charge in [-0.3, -0.25) is 0 Å². The summed E-state index contributed by atoms with van der Waals surface area (Å²) in [6.07, 6.45) is 7.54. The van der Waals surface area contributed by atoms with Gasteiger partial charge in [0.25, 0.3) is 0 Å². The van der Waals surface area contributed by atoms with Gasteiger partial charge in [0.05, 0.1) is 5.52 Å². The Hall–Kier alpha value is -2.42. The van der Waals surface area contributed by atoms with E-state index in [2.05, 4.69) is 52.2 Å². The lowest BCUT2D eigenvalue weighted by molar-refractivity contribution is 0.764. The van der Waals surface area contributed by atoms with Gasteiger partial charge in [-0.1, -0.05) is 55.8 Å². The van der Waals surface area contributed by atoms with Gasteiger partial charge in [0.2, 0.25) is 0 Å². The van der Waals surface area contributed by atoms with Crippen molar-refractivity contribution in [1.29, 1.82) is 0 Å². The number of pyridine rings is 1. The number of unbranched alkanes of at least 4 members (excludes halogenated alkanes) is 1. The number of imidazole rings is 1. The number of hydrogen-bond acceptors (Lipinski definition) is 2. The van der Waals surface area contributed by atoms with Crippen molar-refractivity contribution in [2.24, 2.45) is 0 Å². The molecule has 0 fully saturated rings. The third-order valence-corrected chi connectivity index (χ3v) is 3.77. The third kappa shape index (κ3) is 3.25. The van der Waals surface area contributed by atoms with Crippen LogP contribution < -0.4 is 0 Å². The first-order chi connectivity index (χ1) is 10.8. The number of aryl methyl sites for hydroxylation is 2. The van der Waals surface area contributed by atoms with Crippen LogP contribution in [0.25, 0.3) is 23.3 Å². The number of nitrogens with one attached hydrogen (secondary N) is 1. The maximum absolute atomic E-state index is 4.62. The zero-order valence-corrected chi connectivity index (χ0v) is 13.1. The second-order valence-electron chi connectivity index (χ2n) is 5.57. The van der Waals surface area contributed by atoms with Crippen LogP contribution in [0.4, 0.5) is 0 Å². The van der Waals surface area contributed by atoms with E-state index in [1.54, 1.807) is 0 Å². The first-order valence-electron chi connectivity index (χ1n) is 7.85. The number of aromatic nitrogens is 3. The Morgan fingerprint density at radius 1 is 1.09 bits per heavy atom. The van der Waals surface area contributed by atoms with Crippen molar-refractivity contribution in [2.75, 3.05) is 0 Å². The van der Waals surface area contributed by atoms with E-state index >= 15 is 0 Å². The molecule has 3 aromatic rings. The molecule has 0 spiro atoms. The maximum Gasteiger partial charge on any atom is 0.177 e. The highest BCUT2D eigenvalue weighted by Crippen LogP contribution is 2.18. The van der Waals surface area contributed by atoms with Crippen molar-refractivity contribution in [3.63, 3.8) is 0 Å². The predicted octanol–water partition coefficient (Wildman–Crippen LogP) is 4.78. The summed E-state index contributed by atoms with van der Waals surface area (Å²) in [5, 5.41) is 0. The average Bonchev–Trinajstić information content (AvgIpc) is 2.93. The van der Waals surface area contributed by atoms with E-state index in [1.165, 1.54) is 12.0 Å². The number of fused-ring (bicyclic) bond motifs is 1. The summed E-state index contributed by atoms with van der Waals surface area (Å²) in [5.74, 6) is 1.04. The highest BCUT2D eigenvalue weighted by atomic mass is 15.0. The normalized spacial score (nSPS) is 11.5. The Kier molecular flexibility index (Phi) is 4.33. The van der Waals surface area contributed by atoms with Crippen LogP contribution in [0.1, 0.15) is 42.4 Å². The molecule has 0 unspecified atom stereocenters. The molecule has 1 N–H and O–H groups in total. The fourth-order valence-corrected chi connectivity index (χ4v) is 2.48. The molecule has 0 atom stereocenters. The van der Waals surface area contributed by atoms with E-state index in [1.807, 2.05) is 25.1 Å². The Balaban J connectivity index is 1.89. The second-order valence-corrected chi connectivity index (χ2v) is 5.57. The van der Waals surface area contributed by atoms with Gasteiger partial charge >= 0.3 is 0 Å². The molecule has 2 aromatic heterocycles. The molecule has 0 radical (unpaired) electrons. The fourth-order valence-electron chi connectivity index (χ4n) is 2.48. The van der Waals surface area contributed by atoms with Gasteiger partial charge < -0.3 is 4.98 Å². The van der Waals surface area contributed by atoms with Crippen LogP contribution >= 0.6 is 0 Å². The molecule has 0 bridgehead atoms. The van der Waals surface area contributed by atoms with Crippen LogP contribution in [0.15, 0.2) is 36.4 Å². The van der Waals surface area contributed by atoms with E-state index in [0.717, 1.165) is 41.1 Å². The molecule has 0 aliphatic rings. The average molecular weight is 291 g/mol. The number of benzene rings is 1. The number of rotatable bonds is 5. The molecular formula is C19H21N3. The molecule has 0 saturated heterocycles. The molecule has 0 aliphatic carbocycles. The lowest BCUT2D eigenvalue weighted by atomic mass is 10.1. The van der Waals surface area contributed by atoms with Crippen molar-refractivity contribution in [3.8, 4) is 0 Å². The van der Waals surface area contributed by atoms with Gasteiger partial charge in [-0.05, 0) is 30.5 Å². The van der Waals surface area contributed by atoms with E-state index in [4.69, 9.17) is 0 Å². The van der Waals surface area contributed by atoms with Crippen LogP contribution in [0, 0.1) is 6.92 Å². The summed E-state index contributed by atoms with van der Waals surface area (Å²) in [5.41, 5.74) is 5.16. The van der Waals surface area contributed by atoms with Crippen molar-refractivity contribution in [3.05, 3.63) is 59.0 Å². The Bertz CT molecular complexity index is 785. The maximum atomic E-state index is 4.62. The molecule has 0 saturated carbocycles. The van der Waals surface area contributed by atoms with Gasteiger partial charge in [-0.25, -0.2) is 9.97 Å². The highest BCUT2D eigenvalue weighted by molar-refractivity contribution is 5.78. The van der Waals surface area contributed by atoms with Gasteiger partial charge in [0.1, 0.15) is 5.82 Å². The molecule has 1 aromatic carbocycles. The monoisotopic (exact) mass is 291 g/mol.